The second-order valence-electron chi connectivity index (χ2n) is 6.35. The van der Waals surface area contributed by atoms with Crippen LogP contribution in [0.2, 0.25) is 0 Å². The fraction of sp³-hybridized carbons (Fsp3) is 0.750. The second kappa shape index (κ2) is 5.79. The van der Waals surface area contributed by atoms with Crippen LogP contribution < -0.4 is 0 Å². The number of likely N-dealkylation sites (tertiary alicyclic amines) is 2. The van der Waals surface area contributed by atoms with E-state index in [1.165, 1.54) is 12.8 Å². The highest BCUT2D eigenvalue weighted by Gasteiger charge is 2.39. The van der Waals surface area contributed by atoms with Gasteiger partial charge in [-0.2, -0.15) is 0 Å². The van der Waals surface area contributed by atoms with Crippen molar-refractivity contribution in [2.45, 2.75) is 65.1 Å². The molecule has 2 aliphatic rings. The van der Waals surface area contributed by atoms with E-state index in [4.69, 9.17) is 4.42 Å². The maximum absolute atomic E-state index is 11.8. The molecule has 2 fully saturated rings. The van der Waals surface area contributed by atoms with Crippen molar-refractivity contribution in [3.05, 3.63) is 17.3 Å². The summed E-state index contributed by atoms with van der Waals surface area (Å²) in [7, 11) is 0. The Morgan fingerprint density at radius 2 is 1.95 bits per heavy atom. The van der Waals surface area contributed by atoms with E-state index in [1.54, 1.807) is 6.92 Å². The number of oxazole rings is 1. The van der Waals surface area contributed by atoms with Crippen LogP contribution in [0.3, 0.4) is 0 Å². The zero-order valence-electron chi connectivity index (χ0n) is 13.3. The number of rotatable bonds is 3. The summed E-state index contributed by atoms with van der Waals surface area (Å²) in [5.74, 6) is 1.93. The summed E-state index contributed by atoms with van der Waals surface area (Å²) >= 11 is 0. The molecule has 3 rings (SSSR count). The summed E-state index contributed by atoms with van der Waals surface area (Å²) in [6.07, 6.45) is 4.63. The highest BCUT2D eigenvalue weighted by atomic mass is 16.4. The molecule has 5 nitrogen and oxygen atoms in total. The monoisotopic (exact) mass is 291 g/mol. The van der Waals surface area contributed by atoms with E-state index < -0.39 is 0 Å². The van der Waals surface area contributed by atoms with Gasteiger partial charge in [0.1, 0.15) is 5.76 Å². The molecule has 0 radical (unpaired) electrons. The fourth-order valence-electron chi connectivity index (χ4n) is 3.85. The molecule has 2 saturated heterocycles. The molecule has 0 bridgehead atoms. The molecule has 0 unspecified atom stereocenters. The van der Waals surface area contributed by atoms with Gasteiger partial charge in [-0.25, -0.2) is 4.98 Å². The van der Waals surface area contributed by atoms with Gasteiger partial charge in [0.15, 0.2) is 0 Å². The Hall–Kier alpha value is -1.36. The topological polar surface area (TPSA) is 49.6 Å². The highest BCUT2D eigenvalue weighted by Crippen LogP contribution is 2.31. The lowest BCUT2D eigenvalue weighted by Gasteiger charge is -2.34. The Kier molecular flexibility index (Phi) is 4.02. The molecular formula is C16H25N3O2. The molecule has 0 aliphatic carbocycles. The van der Waals surface area contributed by atoms with Crippen LogP contribution in [0, 0.1) is 13.8 Å². The lowest BCUT2D eigenvalue weighted by Crippen LogP contribution is -2.47. The van der Waals surface area contributed by atoms with E-state index in [2.05, 4.69) is 14.8 Å². The maximum Gasteiger partial charge on any atom is 0.219 e. The van der Waals surface area contributed by atoms with Crippen molar-refractivity contribution in [3.8, 4) is 0 Å². The van der Waals surface area contributed by atoms with Crippen molar-refractivity contribution in [2.24, 2.45) is 0 Å². The van der Waals surface area contributed by atoms with Crippen LogP contribution in [0.5, 0.6) is 0 Å². The molecule has 0 aromatic carbocycles. The number of amides is 1. The molecule has 0 saturated carbocycles. The minimum Gasteiger partial charge on any atom is -0.444 e. The van der Waals surface area contributed by atoms with Gasteiger partial charge in [0, 0.05) is 25.6 Å². The first-order valence-electron chi connectivity index (χ1n) is 8.00. The molecule has 1 amide bonds. The van der Waals surface area contributed by atoms with E-state index in [9.17, 15) is 4.79 Å². The molecule has 1 aromatic heterocycles. The van der Waals surface area contributed by atoms with E-state index in [0.717, 1.165) is 49.8 Å². The van der Waals surface area contributed by atoms with Crippen LogP contribution in [0.4, 0.5) is 0 Å². The van der Waals surface area contributed by atoms with Crippen molar-refractivity contribution in [2.75, 3.05) is 13.1 Å². The van der Waals surface area contributed by atoms with Crippen molar-refractivity contribution < 1.29 is 9.21 Å². The number of nitrogens with zero attached hydrogens (tertiary/aromatic N) is 3. The highest BCUT2D eigenvalue weighted by molar-refractivity contribution is 5.74. The third kappa shape index (κ3) is 2.84. The largest absolute Gasteiger partial charge is 0.444 e. The van der Waals surface area contributed by atoms with Gasteiger partial charge in [0.2, 0.25) is 11.8 Å². The molecule has 21 heavy (non-hydrogen) atoms. The molecular weight excluding hydrogens is 266 g/mol. The Bertz CT molecular complexity index is 506. The zero-order chi connectivity index (χ0) is 15.0. The summed E-state index contributed by atoms with van der Waals surface area (Å²) in [5, 5.41) is 0. The average molecular weight is 291 g/mol. The first-order valence-corrected chi connectivity index (χ1v) is 8.00. The first-order chi connectivity index (χ1) is 10.1. The molecule has 0 N–H and O–H groups in total. The zero-order valence-corrected chi connectivity index (χ0v) is 13.3. The van der Waals surface area contributed by atoms with Crippen LogP contribution in [-0.2, 0) is 11.3 Å². The van der Waals surface area contributed by atoms with Gasteiger partial charge in [0.05, 0.1) is 12.2 Å². The molecule has 1 aromatic rings. The third-order valence-electron chi connectivity index (χ3n) is 4.97. The first kappa shape index (κ1) is 14.6. The minimum absolute atomic E-state index is 0.215. The number of hydrogen-bond acceptors (Lipinski definition) is 4. The van der Waals surface area contributed by atoms with Crippen LogP contribution in [0.1, 0.15) is 50.0 Å². The minimum atomic E-state index is 0.215. The number of carbonyl (C=O) groups is 1. The average Bonchev–Trinajstić information content (AvgIpc) is 3.10. The van der Waals surface area contributed by atoms with Gasteiger partial charge in [-0.05, 0) is 46.1 Å². The SMILES string of the molecule is CC(=O)N1CCC[C@@H]1[C@H]1CCCN1Cc1nc(C)c(C)o1. The summed E-state index contributed by atoms with van der Waals surface area (Å²) in [4.78, 5) is 20.8. The Morgan fingerprint density at radius 1 is 1.24 bits per heavy atom. The number of aromatic nitrogens is 1. The number of carbonyl (C=O) groups excluding carboxylic acids is 1. The Morgan fingerprint density at radius 3 is 2.62 bits per heavy atom. The van der Waals surface area contributed by atoms with Crippen molar-refractivity contribution >= 4 is 5.91 Å². The van der Waals surface area contributed by atoms with Gasteiger partial charge in [0.25, 0.3) is 0 Å². The van der Waals surface area contributed by atoms with Gasteiger partial charge < -0.3 is 9.32 Å². The summed E-state index contributed by atoms with van der Waals surface area (Å²) in [5.41, 5.74) is 0.979. The summed E-state index contributed by atoms with van der Waals surface area (Å²) in [6, 6.07) is 0.839. The van der Waals surface area contributed by atoms with Crippen LogP contribution >= 0.6 is 0 Å². The van der Waals surface area contributed by atoms with Crippen LogP contribution in [-0.4, -0.2) is 45.9 Å². The van der Waals surface area contributed by atoms with Crippen molar-refractivity contribution in [1.29, 1.82) is 0 Å². The third-order valence-corrected chi connectivity index (χ3v) is 4.97. The summed E-state index contributed by atoms with van der Waals surface area (Å²) in [6.45, 7) is 8.40. The molecule has 2 aliphatic heterocycles. The molecule has 116 valence electrons. The number of hydrogen-bond donors (Lipinski definition) is 0. The smallest absolute Gasteiger partial charge is 0.219 e. The van der Waals surface area contributed by atoms with Crippen molar-refractivity contribution in [3.63, 3.8) is 0 Å². The second-order valence-corrected chi connectivity index (χ2v) is 6.35. The van der Waals surface area contributed by atoms with Gasteiger partial charge in [-0.3, -0.25) is 9.69 Å². The van der Waals surface area contributed by atoms with E-state index >= 15 is 0 Å². The van der Waals surface area contributed by atoms with E-state index in [1.807, 2.05) is 13.8 Å². The normalized spacial score (nSPS) is 26.7. The summed E-state index contributed by atoms with van der Waals surface area (Å²) < 4.78 is 5.73. The van der Waals surface area contributed by atoms with Crippen LogP contribution in [0.15, 0.2) is 4.42 Å². The Balaban J connectivity index is 1.71. The maximum atomic E-state index is 11.8. The van der Waals surface area contributed by atoms with Crippen molar-refractivity contribution in [1.82, 2.24) is 14.8 Å². The van der Waals surface area contributed by atoms with Gasteiger partial charge in [-0.1, -0.05) is 0 Å². The predicted octanol–water partition coefficient (Wildman–Crippen LogP) is 2.27. The molecule has 0 spiro atoms. The lowest BCUT2D eigenvalue weighted by molar-refractivity contribution is -0.130. The quantitative estimate of drug-likeness (QED) is 0.857. The molecule has 3 heterocycles. The Labute approximate surface area is 126 Å². The fourth-order valence-corrected chi connectivity index (χ4v) is 3.85. The van der Waals surface area contributed by atoms with Gasteiger partial charge in [-0.15, -0.1) is 0 Å². The molecule has 5 heteroatoms. The van der Waals surface area contributed by atoms with E-state index in [-0.39, 0.29) is 5.91 Å². The van der Waals surface area contributed by atoms with E-state index in [0.29, 0.717) is 12.1 Å². The lowest BCUT2D eigenvalue weighted by atomic mass is 10.0. The van der Waals surface area contributed by atoms with Crippen LogP contribution in [0.25, 0.3) is 0 Å². The predicted molar refractivity (Wildman–Crippen MR) is 79.8 cm³/mol. The standard InChI is InChI=1S/C16H25N3O2/c1-11-12(2)21-16(17-11)10-18-8-4-6-14(18)15-7-5-9-19(15)13(3)20/h14-15H,4-10H2,1-3H3/t14-,15-/m1/s1. The molecule has 2 atom stereocenters. The van der Waals surface area contributed by atoms with Gasteiger partial charge >= 0.3 is 0 Å². The number of aryl methyl sites for hydroxylation is 2.